The van der Waals surface area contributed by atoms with Crippen LogP contribution in [0.4, 0.5) is 0 Å². The van der Waals surface area contributed by atoms with E-state index in [1.54, 1.807) is 0 Å². The summed E-state index contributed by atoms with van der Waals surface area (Å²) in [7, 11) is 0. The predicted octanol–water partition coefficient (Wildman–Crippen LogP) is 5.11. The lowest BCUT2D eigenvalue weighted by molar-refractivity contribution is -0.119. The third-order valence-corrected chi connectivity index (χ3v) is 3.92. The Balaban J connectivity index is 2.00. The number of rotatable bonds is 8. The molecule has 2 aromatic carbocycles. The first-order chi connectivity index (χ1) is 11.7. The molecule has 132 valence electrons. The van der Waals surface area contributed by atoms with Gasteiger partial charge in [0.25, 0.3) is 0 Å². The fraction of sp³-hybridized carbons (Fsp3) is 0.364. The summed E-state index contributed by atoms with van der Waals surface area (Å²) in [5.74, 6) is 0.0755. The van der Waals surface area contributed by atoms with Gasteiger partial charge in [-0.1, -0.05) is 60.7 Å². The smallest absolute Gasteiger partial charge is 0.165 e. The first-order valence-corrected chi connectivity index (χ1v) is 8.55. The van der Waals surface area contributed by atoms with Crippen LogP contribution in [0.25, 0.3) is 0 Å². The molecule has 3 heteroatoms. The number of ether oxygens (including phenoxy) is 1. The first-order valence-electron chi connectivity index (χ1n) is 8.55. The quantitative estimate of drug-likeness (QED) is 0.628. The second-order valence-electron chi connectivity index (χ2n) is 7.55. The van der Waals surface area contributed by atoms with E-state index < -0.39 is 11.2 Å². The molecule has 25 heavy (non-hydrogen) atoms. The Hall–Kier alpha value is -2.26. The molecular formula is C22H26O3. The number of carbonyl (C=O) groups excluding carboxylic acids is 2. The number of Topliss-reactive ketones (excluding diaryl/α,β-unsaturated/α-hetero) is 2. The van der Waals surface area contributed by atoms with E-state index in [1.165, 1.54) is 0 Å². The van der Waals surface area contributed by atoms with Gasteiger partial charge in [-0.3, -0.25) is 9.59 Å². The molecule has 0 unspecified atom stereocenters. The summed E-state index contributed by atoms with van der Waals surface area (Å²) in [6.07, 6.45) is 0.528. The van der Waals surface area contributed by atoms with Crippen LogP contribution in [-0.4, -0.2) is 22.8 Å². The van der Waals surface area contributed by atoms with Gasteiger partial charge in [-0.05, 0) is 27.7 Å². The Bertz CT molecular complexity index is 652. The van der Waals surface area contributed by atoms with Gasteiger partial charge in [0.15, 0.2) is 11.6 Å². The second kappa shape index (κ2) is 7.75. The average Bonchev–Trinajstić information content (AvgIpc) is 2.54. The molecule has 0 fully saturated rings. The Morgan fingerprint density at radius 2 is 1.00 bits per heavy atom. The molecule has 2 aromatic rings. The fourth-order valence-electron chi connectivity index (χ4n) is 3.05. The van der Waals surface area contributed by atoms with Crippen molar-refractivity contribution in [1.82, 2.24) is 0 Å². The predicted molar refractivity (Wildman–Crippen MR) is 100 cm³/mol. The first kappa shape index (κ1) is 19.1. The molecule has 0 aliphatic carbocycles. The van der Waals surface area contributed by atoms with Crippen LogP contribution in [0, 0.1) is 0 Å². The minimum absolute atomic E-state index is 0.0378. The summed E-state index contributed by atoms with van der Waals surface area (Å²) in [6, 6.07) is 18.4. The standard InChI is InChI=1S/C22H26O3/c1-21(2,15-19(23)17-11-7-5-8-12-17)25-22(3,4)16-20(24)18-13-9-6-10-14-18/h5-14H,15-16H2,1-4H3. The number of carbonyl (C=O) groups is 2. The van der Waals surface area contributed by atoms with Gasteiger partial charge in [-0.2, -0.15) is 0 Å². The Morgan fingerprint density at radius 1 is 0.680 bits per heavy atom. The van der Waals surface area contributed by atoms with Crippen molar-refractivity contribution in [2.75, 3.05) is 0 Å². The SMILES string of the molecule is CC(C)(CC(=O)c1ccccc1)OC(C)(C)CC(=O)c1ccccc1. The van der Waals surface area contributed by atoms with Crippen LogP contribution < -0.4 is 0 Å². The molecule has 0 atom stereocenters. The maximum absolute atomic E-state index is 12.4. The van der Waals surface area contributed by atoms with Gasteiger partial charge in [-0.25, -0.2) is 0 Å². The molecule has 0 aromatic heterocycles. The van der Waals surface area contributed by atoms with E-state index in [4.69, 9.17) is 4.74 Å². The minimum atomic E-state index is -0.659. The van der Waals surface area contributed by atoms with Crippen LogP contribution in [0.15, 0.2) is 60.7 Å². The van der Waals surface area contributed by atoms with Crippen molar-refractivity contribution in [2.24, 2.45) is 0 Å². The molecule has 0 aliphatic rings. The minimum Gasteiger partial charge on any atom is -0.369 e. The highest BCUT2D eigenvalue weighted by molar-refractivity contribution is 5.97. The molecule has 0 bridgehead atoms. The van der Waals surface area contributed by atoms with E-state index in [2.05, 4.69) is 0 Å². The van der Waals surface area contributed by atoms with Crippen molar-refractivity contribution in [3.8, 4) is 0 Å². The zero-order valence-electron chi connectivity index (χ0n) is 15.4. The van der Waals surface area contributed by atoms with E-state index in [1.807, 2.05) is 88.4 Å². The highest BCUT2D eigenvalue weighted by atomic mass is 16.5. The van der Waals surface area contributed by atoms with Gasteiger partial charge in [0.2, 0.25) is 0 Å². The third-order valence-electron chi connectivity index (χ3n) is 3.92. The average molecular weight is 338 g/mol. The maximum Gasteiger partial charge on any atom is 0.165 e. The summed E-state index contributed by atoms with van der Waals surface area (Å²) >= 11 is 0. The highest BCUT2D eigenvalue weighted by Gasteiger charge is 2.33. The molecule has 0 amide bonds. The van der Waals surface area contributed by atoms with Gasteiger partial charge in [0, 0.05) is 24.0 Å². The topological polar surface area (TPSA) is 43.4 Å². The lowest BCUT2D eigenvalue weighted by atomic mass is 9.93. The number of hydrogen-bond acceptors (Lipinski definition) is 3. The molecule has 0 saturated carbocycles. The molecule has 0 aliphatic heterocycles. The summed E-state index contributed by atoms with van der Waals surface area (Å²) in [6.45, 7) is 7.57. The maximum atomic E-state index is 12.4. The van der Waals surface area contributed by atoms with Crippen LogP contribution in [-0.2, 0) is 4.74 Å². The van der Waals surface area contributed by atoms with Crippen molar-refractivity contribution >= 4 is 11.6 Å². The molecule has 2 rings (SSSR count). The lowest BCUT2D eigenvalue weighted by Crippen LogP contribution is -2.40. The molecule has 0 spiro atoms. The van der Waals surface area contributed by atoms with Gasteiger partial charge >= 0.3 is 0 Å². The van der Waals surface area contributed by atoms with Crippen LogP contribution >= 0.6 is 0 Å². The number of hydrogen-bond donors (Lipinski definition) is 0. The molecule has 3 nitrogen and oxygen atoms in total. The van der Waals surface area contributed by atoms with Crippen molar-refractivity contribution < 1.29 is 14.3 Å². The summed E-state index contributed by atoms with van der Waals surface area (Å²) in [4.78, 5) is 24.9. The van der Waals surface area contributed by atoms with E-state index in [0.29, 0.717) is 11.1 Å². The number of benzene rings is 2. The van der Waals surface area contributed by atoms with Crippen molar-refractivity contribution in [2.45, 2.75) is 51.7 Å². The largest absolute Gasteiger partial charge is 0.369 e. The molecule has 0 heterocycles. The normalized spacial score (nSPS) is 12.0. The highest BCUT2D eigenvalue weighted by Crippen LogP contribution is 2.28. The molecule has 0 saturated heterocycles. The summed E-state index contributed by atoms with van der Waals surface area (Å²) in [5.41, 5.74) is 0.0375. The summed E-state index contributed by atoms with van der Waals surface area (Å²) in [5, 5.41) is 0. The second-order valence-corrected chi connectivity index (χ2v) is 7.55. The van der Waals surface area contributed by atoms with Crippen molar-refractivity contribution in [1.29, 1.82) is 0 Å². The zero-order valence-corrected chi connectivity index (χ0v) is 15.4. The van der Waals surface area contributed by atoms with Gasteiger partial charge in [0.1, 0.15) is 0 Å². The van der Waals surface area contributed by atoms with Crippen LogP contribution in [0.2, 0.25) is 0 Å². The van der Waals surface area contributed by atoms with Gasteiger partial charge < -0.3 is 4.74 Å². The van der Waals surface area contributed by atoms with Crippen LogP contribution in [0.5, 0.6) is 0 Å². The van der Waals surface area contributed by atoms with Crippen molar-refractivity contribution in [3.63, 3.8) is 0 Å². The monoisotopic (exact) mass is 338 g/mol. The third kappa shape index (κ3) is 5.95. The van der Waals surface area contributed by atoms with E-state index in [9.17, 15) is 9.59 Å². The molecular weight excluding hydrogens is 312 g/mol. The molecule has 0 N–H and O–H groups in total. The summed E-state index contributed by atoms with van der Waals surface area (Å²) < 4.78 is 6.17. The lowest BCUT2D eigenvalue weighted by Gasteiger charge is -2.35. The van der Waals surface area contributed by atoms with E-state index >= 15 is 0 Å². The van der Waals surface area contributed by atoms with E-state index in [0.717, 1.165) is 0 Å². The van der Waals surface area contributed by atoms with Crippen LogP contribution in [0.1, 0.15) is 61.3 Å². The Kier molecular flexibility index (Phi) is 5.91. The van der Waals surface area contributed by atoms with E-state index in [-0.39, 0.29) is 24.4 Å². The fourth-order valence-corrected chi connectivity index (χ4v) is 3.05. The van der Waals surface area contributed by atoms with Gasteiger partial charge in [-0.15, -0.1) is 0 Å². The molecule has 0 radical (unpaired) electrons. The van der Waals surface area contributed by atoms with Gasteiger partial charge in [0.05, 0.1) is 11.2 Å². The Labute approximate surface area is 150 Å². The number of ketones is 2. The zero-order chi connectivity index (χ0) is 18.5. The van der Waals surface area contributed by atoms with Crippen molar-refractivity contribution in [3.05, 3.63) is 71.8 Å². The van der Waals surface area contributed by atoms with Crippen LogP contribution in [0.3, 0.4) is 0 Å². The Morgan fingerprint density at radius 3 is 1.32 bits per heavy atom.